The Bertz CT molecular complexity index is 1360. The van der Waals surface area contributed by atoms with E-state index in [0.29, 0.717) is 6.61 Å². The van der Waals surface area contributed by atoms with E-state index in [1.165, 1.54) is 6.33 Å². The number of nitrogens with zero attached hydrogens (tertiary/aromatic N) is 2. The molecule has 11 nitrogen and oxygen atoms in total. The number of aromatic nitrogens is 2. The van der Waals surface area contributed by atoms with Gasteiger partial charge in [0.2, 0.25) is 0 Å². The van der Waals surface area contributed by atoms with Crippen LogP contribution in [0.3, 0.4) is 0 Å². The molecule has 1 aliphatic rings. The van der Waals surface area contributed by atoms with E-state index in [4.69, 9.17) is 14.2 Å². The number of imidazole rings is 1. The van der Waals surface area contributed by atoms with Crippen LogP contribution in [0.15, 0.2) is 54.5 Å². The quantitative estimate of drug-likeness (QED) is 0.0933. The van der Waals surface area contributed by atoms with Crippen LogP contribution in [-0.4, -0.2) is 59.6 Å². The predicted octanol–water partition coefficient (Wildman–Crippen LogP) is 2.57. The number of amides is 2. The first kappa shape index (κ1) is 37.2. The second-order valence-electron chi connectivity index (χ2n) is 13.2. The van der Waals surface area contributed by atoms with Gasteiger partial charge < -0.3 is 0 Å². The summed E-state index contributed by atoms with van der Waals surface area (Å²) >= 11 is -1.38. The second-order valence-corrected chi connectivity index (χ2v) is 17.3. The molecule has 3 rings (SSSR count). The molecular weight excluding hydrogens is 703 g/mol. The summed E-state index contributed by atoms with van der Waals surface area (Å²) in [5, 5.41) is 5.55. The molecule has 0 saturated carbocycles. The van der Waals surface area contributed by atoms with Gasteiger partial charge in [0, 0.05) is 0 Å². The zero-order chi connectivity index (χ0) is 33.9. The maximum absolute atomic E-state index is 13.6. The van der Waals surface area contributed by atoms with Crippen LogP contribution in [-0.2, 0) is 35.2 Å². The normalized spacial score (nSPS) is 15.1. The Morgan fingerprint density at radius 1 is 1.02 bits per heavy atom. The molecule has 2 aromatic rings. The van der Waals surface area contributed by atoms with Gasteiger partial charge in [-0.3, -0.25) is 0 Å². The minimum atomic E-state index is -1.38. The monoisotopic (exact) mass is 751 g/mol. The Kier molecular flexibility index (Phi) is 13.8. The van der Waals surface area contributed by atoms with Crippen molar-refractivity contribution in [1.29, 1.82) is 0 Å². The van der Waals surface area contributed by atoms with Crippen LogP contribution >= 0.6 is 0 Å². The Hall–Kier alpha value is -3.26. The molecule has 2 N–H and O–H groups in total. The molecule has 1 heterocycles. The number of ether oxygens (including phenoxy) is 3. The van der Waals surface area contributed by atoms with Gasteiger partial charge in [-0.2, -0.15) is 0 Å². The van der Waals surface area contributed by atoms with E-state index in [1.54, 1.807) is 45.4 Å². The molecule has 0 spiro atoms. The Morgan fingerprint density at radius 2 is 1.74 bits per heavy atom. The number of allylic oxidation sites excluding steroid dienone is 1. The molecule has 254 valence electrons. The fourth-order valence-electron chi connectivity index (χ4n) is 4.54. The average molecular weight is 752 g/mol. The van der Waals surface area contributed by atoms with Crippen molar-refractivity contribution in [3.05, 3.63) is 60.1 Å². The SMILES string of the molecule is CC(C)COC(=O)C(C1=CCCCC1)n1cnc(NC(=O)C(COCc2ccccc2)NC(=O)C(C)(C)[I-]C(=O)OC(C)(C)C)c1. The van der Waals surface area contributed by atoms with E-state index in [2.05, 4.69) is 21.7 Å². The first-order valence-corrected chi connectivity index (χ1v) is 17.8. The van der Waals surface area contributed by atoms with Gasteiger partial charge >= 0.3 is 238 Å². The van der Waals surface area contributed by atoms with Crippen molar-refractivity contribution in [2.45, 2.75) is 102 Å². The Balaban J connectivity index is 1.76. The zero-order valence-electron chi connectivity index (χ0n) is 27.9. The van der Waals surface area contributed by atoms with E-state index in [9.17, 15) is 19.2 Å². The number of hydrogen-bond donors (Lipinski definition) is 2. The zero-order valence-corrected chi connectivity index (χ0v) is 30.1. The standard InChI is InChI=1S/C34H48IN4O7/c1-23(2)19-45-30(41)28(25-16-12-9-13-17-25)39-18-27(36-22-39)38-29(40)26(21-44-20-24-14-10-8-11-15-24)37-31(42)34(6,7)35-32(43)46-33(3,4)5/h8,10-11,14-16,18,22-23,26,28H,9,12-13,17,19-21H2,1-7H3,(H,37,42)(H,38,40)/q-1. The molecule has 2 atom stereocenters. The summed E-state index contributed by atoms with van der Waals surface area (Å²) in [7, 11) is 0. The van der Waals surface area contributed by atoms with Crippen molar-refractivity contribution in [2.75, 3.05) is 18.5 Å². The summed E-state index contributed by atoms with van der Waals surface area (Å²) in [5.41, 5.74) is 1.21. The van der Waals surface area contributed by atoms with Crippen LogP contribution < -0.4 is 31.8 Å². The number of hydrogen-bond acceptors (Lipinski definition) is 8. The van der Waals surface area contributed by atoms with E-state index in [-0.39, 0.29) is 30.9 Å². The third kappa shape index (κ3) is 12.2. The van der Waals surface area contributed by atoms with Crippen molar-refractivity contribution < 1.29 is 54.6 Å². The molecule has 0 aliphatic heterocycles. The third-order valence-electron chi connectivity index (χ3n) is 6.87. The molecule has 1 aromatic heterocycles. The average Bonchev–Trinajstić information content (AvgIpc) is 3.42. The second kappa shape index (κ2) is 17.1. The summed E-state index contributed by atoms with van der Waals surface area (Å²) in [4.78, 5) is 57.1. The number of benzene rings is 1. The van der Waals surface area contributed by atoms with E-state index >= 15 is 0 Å². The summed E-state index contributed by atoms with van der Waals surface area (Å²) in [6, 6.07) is 7.71. The van der Waals surface area contributed by atoms with Crippen molar-refractivity contribution in [1.82, 2.24) is 14.9 Å². The fourth-order valence-corrected chi connectivity index (χ4v) is 6.81. The molecule has 0 fully saturated rings. The van der Waals surface area contributed by atoms with Gasteiger partial charge in [-0.05, 0) is 25.2 Å². The molecule has 2 unspecified atom stereocenters. The molecule has 1 aliphatic carbocycles. The summed E-state index contributed by atoms with van der Waals surface area (Å²) in [6.45, 7) is 13.0. The first-order valence-electron chi connectivity index (χ1n) is 15.7. The third-order valence-corrected chi connectivity index (χ3v) is 9.37. The fraction of sp³-hybridized carbons (Fsp3) is 0.559. The van der Waals surface area contributed by atoms with Gasteiger partial charge in [0.15, 0.2) is 0 Å². The van der Waals surface area contributed by atoms with Crippen LogP contribution in [0, 0.1) is 5.92 Å². The molecule has 12 heteroatoms. The number of anilines is 1. The molecule has 0 saturated heterocycles. The van der Waals surface area contributed by atoms with E-state index < -0.39 is 58.1 Å². The topological polar surface area (TPSA) is 138 Å². The van der Waals surface area contributed by atoms with Gasteiger partial charge in [-0.1, -0.05) is 13.8 Å². The van der Waals surface area contributed by atoms with Crippen molar-refractivity contribution in [3.63, 3.8) is 0 Å². The predicted molar refractivity (Wildman–Crippen MR) is 171 cm³/mol. The molecule has 46 heavy (non-hydrogen) atoms. The van der Waals surface area contributed by atoms with Gasteiger partial charge in [-0.15, -0.1) is 0 Å². The molecule has 1 aromatic carbocycles. The van der Waals surface area contributed by atoms with E-state index in [1.807, 2.05) is 44.2 Å². The van der Waals surface area contributed by atoms with E-state index in [0.717, 1.165) is 36.8 Å². The number of alkyl halides is 1. The van der Waals surface area contributed by atoms with Crippen LogP contribution in [0.4, 0.5) is 10.6 Å². The molecule has 0 radical (unpaired) electrons. The van der Waals surface area contributed by atoms with Gasteiger partial charge in [-0.25, -0.2) is 0 Å². The molecular formula is C34H48IN4O7-. The first-order chi connectivity index (χ1) is 21.6. The van der Waals surface area contributed by atoms with Crippen LogP contribution in [0.5, 0.6) is 0 Å². The van der Waals surface area contributed by atoms with Crippen molar-refractivity contribution in [2.24, 2.45) is 5.92 Å². The van der Waals surface area contributed by atoms with Gasteiger partial charge in [0.25, 0.3) is 0 Å². The number of carbonyl (C=O) groups excluding carboxylic acids is 4. The van der Waals surface area contributed by atoms with Crippen molar-refractivity contribution >= 4 is 27.6 Å². The summed E-state index contributed by atoms with van der Waals surface area (Å²) in [6.07, 6.45) is 8.89. The Morgan fingerprint density at radius 3 is 2.37 bits per heavy atom. The van der Waals surface area contributed by atoms with Gasteiger partial charge in [0.1, 0.15) is 0 Å². The number of nitrogens with one attached hydrogen (secondary N) is 2. The summed E-state index contributed by atoms with van der Waals surface area (Å²) in [5.74, 6) is -0.973. The van der Waals surface area contributed by atoms with Gasteiger partial charge in [0.05, 0.1) is 6.61 Å². The maximum atomic E-state index is 13.6. The number of esters is 1. The number of carbonyl (C=O) groups is 4. The number of halogens is 1. The minimum absolute atomic E-state index is 0.120. The Labute approximate surface area is 282 Å². The van der Waals surface area contributed by atoms with Crippen LogP contribution in [0.25, 0.3) is 0 Å². The molecule has 2 amide bonds. The molecule has 0 bridgehead atoms. The number of rotatable bonds is 15. The summed E-state index contributed by atoms with van der Waals surface area (Å²) < 4.78 is 17.1. The van der Waals surface area contributed by atoms with Crippen LogP contribution in [0.2, 0.25) is 0 Å². The van der Waals surface area contributed by atoms with Crippen LogP contribution in [0.1, 0.15) is 85.8 Å². The van der Waals surface area contributed by atoms with Crippen molar-refractivity contribution in [3.8, 4) is 0 Å².